The van der Waals surface area contributed by atoms with Gasteiger partial charge in [0.25, 0.3) is 0 Å². The molecule has 0 aromatic heterocycles. The summed E-state index contributed by atoms with van der Waals surface area (Å²) < 4.78 is 21.8. The second kappa shape index (κ2) is 16.4. The van der Waals surface area contributed by atoms with E-state index in [1.54, 1.807) is 28.4 Å². The van der Waals surface area contributed by atoms with Gasteiger partial charge in [0, 0.05) is 85.6 Å². The lowest BCUT2D eigenvalue weighted by Crippen LogP contribution is -2.38. The van der Waals surface area contributed by atoms with Crippen molar-refractivity contribution in [3.05, 3.63) is 115 Å². The molecule has 12 heteroatoms. The SMILES string of the molecule is COc1ccc(CN2C[C@@H]3[C@@H](CO)[C@]3(c3ccc(Cl)c(Cl)c3)[C@@H]2C)c(OC)c1.COc1ccc(CN2C[C@@H]3[C@@H](CO)[C@]3(c3ccc(Cl)c(Cl)c3)[C@H]2C)c(OC)c1. The Hall–Kier alpha value is -2.92. The third-order valence-corrected chi connectivity index (χ3v) is 15.0. The highest BCUT2D eigenvalue weighted by Crippen LogP contribution is 2.68. The second-order valence-corrected chi connectivity index (χ2v) is 17.1. The fourth-order valence-electron chi connectivity index (χ4n) is 10.6. The Morgan fingerprint density at radius 1 is 0.554 bits per heavy atom. The third-order valence-electron chi connectivity index (χ3n) is 13.5. The number of likely N-dealkylation sites (tertiary alicyclic amines) is 2. The molecule has 8 nitrogen and oxygen atoms in total. The zero-order chi connectivity index (χ0) is 40.1. The molecule has 4 aromatic carbocycles. The number of methoxy groups -OCH3 is 4. The third kappa shape index (κ3) is 6.82. The predicted molar refractivity (Wildman–Crippen MR) is 223 cm³/mol. The molecule has 4 aliphatic rings. The van der Waals surface area contributed by atoms with Gasteiger partial charge in [0.15, 0.2) is 0 Å². The zero-order valence-corrected chi connectivity index (χ0v) is 35.6. The summed E-state index contributed by atoms with van der Waals surface area (Å²) in [6.07, 6.45) is 0. The van der Waals surface area contributed by atoms with Crippen LogP contribution in [0.25, 0.3) is 0 Å². The van der Waals surface area contributed by atoms with Crippen molar-refractivity contribution in [3.63, 3.8) is 0 Å². The van der Waals surface area contributed by atoms with Crippen LogP contribution in [0.4, 0.5) is 0 Å². The molecule has 2 saturated heterocycles. The van der Waals surface area contributed by atoms with E-state index in [1.807, 2.05) is 48.5 Å². The highest BCUT2D eigenvalue weighted by Gasteiger charge is 2.73. The van der Waals surface area contributed by atoms with Gasteiger partial charge in [-0.2, -0.15) is 0 Å². The summed E-state index contributed by atoms with van der Waals surface area (Å²) in [6.45, 7) is 8.30. The van der Waals surface area contributed by atoms with E-state index >= 15 is 0 Å². The van der Waals surface area contributed by atoms with E-state index in [0.717, 1.165) is 60.3 Å². The Kier molecular flexibility index (Phi) is 12.1. The van der Waals surface area contributed by atoms with Gasteiger partial charge in [-0.3, -0.25) is 9.80 Å². The summed E-state index contributed by atoms with van der Waals surface area (Å²) in [7, 11) is 6.67. The molecular formula is C44H50Cl4N2O6. The van der Waals surface area contributed by atoms with Crippen molar-refractivity contribution in [2.75, 3.05) is 54.7 Å². The first-order chi connectivity index (χ1) is 26.9. The van der Waals surface area contributed by atoms with Crippen molar-refractivity contribution < 1.29 is 29.2 Å². The van der Waals surface area contributed by atoms with Gasteiger partial charge in [-0.25, -0.2) is 0 Å². The minimum atomic E-state index is -0.0807. The summed E-state index contributed by atoms with van der Waals surface area (Å²) in [5.74, 6) is 4.56. The van der Waals surface area contributed by atoms with Crippen LogP contribution in [0.15, 0.2) is 72.8 Å². The van der Waals surface area contributed by atoms with Crippen LogP contribution in [-0.2, 0) is 23.9 Å². The van der Waals surface area contributed by atoms with E-state index in [1.165, 1.54) is 11.1 Å². The first-order valence-corrected chi connectivity index (χ1v) is 20.5. The highest BCUT2D eigenvalue weighted by atomic mass is 35.5. The van der Waals surface area contributed by atoms with E-state index in [4.69, 9.17) is 65.4 Å². The van der Waals surface area contributed by atoms with E-state index in [-0.39, 0.29) is 48.0 Å². The molecule has 2 aliphatic carbocycles. The fourth-order valence-corrected chi connectivity index (χ4v) is 11.2. The maximum Gasteiger partial charge on any atom is 0.127 e. The minimum absolute atomic E-state index is 0.0807. The van der Waals surface area contributed by atoms with Gasteiger partial charge < -0.3 is 29.2 Å². The molecule has 4 fully saturated rings. The highest BCUT2D eigenvalue weighted by molar-refractivity contribution is 6.42. The standard InChI is InChI=1S/2C22H25Cl2NO3/c2*1-13-22(15-5-7-19(23)20(24)8-15)17(18(22)12-26)11-25(13)10-14-4-6-16(27-2)9-21(14)28-3/h2*4-9,13,17-18,26H,10-12H2,1-3H3/t13-,17+,18+,22-;13-,17-,18-,22+/m01/s1. The molecule has 0 unspecified atom stereocenters. The van der Waals surface area contributed by atoms with E-state index in [0.29, 0.717) is 31.9 Å². The van der Waals surface area contributed by atoms with Crippen molar-refractivity contribution in [2.45, 2.75) is 49.9 Å². The molecule has 8 atom stereocenters. The number of benzene rings is 4. The Labute approximate surface area is 350 Å². The van der Waals surface area contributed by atoms with Gasteiger partial charge in [-0.05, 0) is 85.0 Å². The van der Waals surface area contributed by atoms with E-state index in [2.05, 4.69) is 47.9 Å². The van der Waals surface area contributed by atoms with Crippen LogP contribution in [0.3, 0.4) is 0 Å². The quantitative estimate of drug-likeness (QED) is 0.147. The zero-order valence-electron chi connectivity index (χ0n) is 32.6. The van der Waals surface area contributed by atoms with Crippen molar-refractivity contribution >= 4 is 46.4 Å². The normalized spacial score (nSPS) is 28.9. The van der Waals surface area contributed by atoms with Crippen molar-refractivity contribution in [1.82, 2.24) is 9.80 Å². The number of nitrogens with zero attached hydrogens (tertiary/aromatic N) is 2. The first-order valence-electron chi connectivity index (χ1n) is 19.0. The van der Waals surface area contributed by atoms with Crippen LogP contribution in [0.1, 0.15) is 36.1 Å². The molecule has 0 bridgehead atoms. The molecule has 56 heavy (non-hydrogen) atoms. The van der Waals surface area contributed by atoms with Crippen molar-refractivity contribution in [3.8, 4) is 23.0 Å². The average molecular weight is 845 g/mol. The van der Waals surface area contributed by atoms with Crippen LogP contribution >= 0.6 is 46.4 Å². The number of halogens is 4. The number of hydrogen-bond acceptors (Lipinski definition) is 8. The van der Waals surface area contributed by atoms with Gasteiger partial charge >= 0.3 is 0 Å². The smallest absolute Gasteiger partial charge is 0.127 e. The number of ether oxygens (including phenoxy) is 4. The van der Waals surface area contributed by atoms with Crippen molar-refractivity contribution in [1.29, 1.82) is 0 Å². The molecule has 300 valence electrons. The molecule has 2 aliphatic heterocycles. The molecular weight excluding hydrogens is 794 g/mol. The summed E-state index contributed by atoms with van der Waals surface area (Å²) in [5.41, 5.74) is 4.43. The predicted octanol–water partition coefficient (Wildman–Crippen LogP) is 8.78. The molecule has 8 rings (SSSR count). The number of aliphatic hydroxyl groups excluding tert-OH is 2. The lowest BCUT2D eigenvalue weighted by atomic mass is 9.86. The van der Waals surface area contributed by atoms with Crippen LogP contribution < -0.4 is 18.9 Å². The number of rotatable bonds is 12. The van der Waals surface area contributed by atoms with Gasteiger partial charge in [-0.1, -0.05) is 70.7 Å². The van der Waals surface area contributed by atoms with Gasteiger partial charge in [0.1, 0.15) is 23.0 Å². The van der Waals surface area contributed by atoms with E-state index < -0.39 is 0 Å². The molecule has 0 radical (unpaired) electrons. The van der Waals surface area contributed by atoms with Gasteiger partial charge in [0.05, 0.1) is 48.5 Å². The monoisotopic (exact) mass is 842 g/mol. The molecule has 2 saturated carbocycles. The van der Waals surface area contributed by atoms with Gasteiger partial charge in [-0.15, -0.1) is 0 Å². The van der Waals surface area contributed by atoms with Crippen LogP contribution in [-0.4, -0.2) is 86.8 Å². The Balaban J connectivity index is 0.000000172. The topological polar surface area (TPSA) is 83.9 Å². The summed E-state index contributed by atoms with van der Waals surface area (Å²) in [4.78, 5) is 4.92. The van der Waals surface area contributed by atoms with Crippen LogP contribution in [0.2, 0.25) is 20.1 Å². The van der Waals surface area contributed by atoms with Crippen LogP contribution in [0, 0.1) is 23.7 Å². The first kappa shape index (κ1) is 41.2. The largest absolute Gasteiger partial charge is 0.497 e. The lowest BCUT2D eigenvalue weighted by molar-refractivity contribution is 0.164. The molecule has 0 spiro atoms. The Morgan fingerprint density at radius 2 is 0.946 bits per heavy atom. The van der Waals surface area contributed by atoms with Crippen LogP contribution in [0.5, 0.6) is 23.0 Å². The fraction of sp³-hybridized carbons (Fsp3) is 0.455. The average Bonchev–Trinajstić information content (AvgIpc) is 4.00. The van der Waals surface area contributed by atoms with E-state index in [9.17, 15) is 10.2 Å². The molecule has 0 amide bonds. The lowest BCUT2D eigenvalue weighted by Gasteiger charge is -2.32. The molecule has 2 N–H and O–H groups in total. The molecule has 4 aromatic rings. The number of hydrogen-bond donors (Lipinski definition) is 2. The minimum Gasteiger partial charge on any atom is -0.497 e. The van der Waals surface area contributed by atoms with Crippen molar-refractivity contribution in [2.24, 2.45) is 23.7 Å². The number of piperidine rings is 2. The number of fused-ring (bicyclic) bond motifs is 2. The summed E-state index contributed by atoms with van der Waals surface area (Å²) in [5, 5.41) is 22.2. The maximum atomic E-state index is 9.98. The second-order valence-electron chi connectivity index (χ2n) is 15.5. The Morgan fingerprint density at radius 3 is 1.27 bits per heavy atom. The summed E-state index contributed by atoms with van der Waals surface area (Å²) >= 11 is 24.9. The molecule has 2 heterocycles. The Bertz CT molecular complexity index is 1930. The number of aliphatic hydroxyl groups is 2. The maximum absolute atomic E-state index is 9.98. The van der Waals surface area contributed by atoms with Gasteiger partial charge in [0.2, 0.25) is 0 Å². The summed E-state index contributed by atoms with van der Waals surface area (Å²) in [6, 6.07) is 24.2.